The first-order chi connectivity index (χ1) is 13.2. The molecule has 0 spiro atoms. The zero-order chi connectivity index (χ0) is 18.6. The van der Waals surface area contributed by atoms with E-state index >= 15 is 0 Å². The fourth-order valence-electron chi connectivity index (χ4n) is 3.93. The first-order valence-corrected chi connectivity index (χ1v) is 9.71. The highest BCUT2D eigenvalue weighted by atomic mass is 19.1. The Morgan fingerprint density at radius 1 is 1.04 bits per heavy atom. The zero-order valence-corrected chi connectivity index (χ0v) is 15.4. The molecule has 2 aromatic rings. The van der Waals surface area contributed by atoms with Crippen LogP contribution in [0.3, 0.4) is 0 Å². The first-order valence-electron chi connectivity index (χ1n) is 9.71. The van der Waals surface area contributed by atoms with Crippen LogP contribution >= 0.6 is 0 Å². The van der Waals surface area contributed by atoms with Crippen molar-refractivity contribution in [2.45, 2.75) is 38.3 Å². The number of hydrogen-bond acceptors (Lipinski definition) is 3. The van der Waals surface area contributed by atoms with Crippen LogP contribution in [-0.4, -0.2) is 36.5 Å². The summed E-state index contributed by atoms with van der Waals surface area (Å²) >= 11 is 0. The maximum atomic E-state index is 13.3. The van der Waals surface area contributed by atoms with E-state index in [0.29, 0.717) is 19.6 Å². The predicted octanol–water partition coefficient (Wildman–Crippen LogP) is 4.00. The minimum absolute atomic E-state index is 0.0284. The third-order valence-electron chi connectivity index (χ3n) is 5.43. The Bertz CT molecular complexity index is 787. The van der Waals surface area contributed by atoms with Gasteiger partial charge in [-0.25, -0.2) is 4.39 Å². The van der Waals surface area contributed by atoms with Crippen LogP contribution in [-0.2, 0) is 11.3 Å². The third-order valence-corrected chi connectivity index (χ3v) is 5.43. The molecule has 142 valence electrons. The van der Waals surface area contributed by atoms with Crippen molar-refractivity contribution in [3.05, 3.63) is 59.9 Å². The molecule has 1 atom stereocenters. The summed E-state index contributed by atoms with van der Waals surface area (Å²) in [4.78, 5) is 17.0. The van der Waals surface area contributed by atoms with Crippen molar-refractivity contribution in [3.63, 3.8) is 0 Å². The van der Waals surface area contributed by atoms with Gasteiger partial charge in [-0.05, 0) is 49.1 Å². The van der Waals surface area contributed by atoms with Crippen LogP contribution in [0.2, 0.25) is 0 Å². The second kappa shape index (κ2) is 7.99. The second-order valence-electron chi connectivity index (χ2n) is 7.33. The molecule has 27 heavy (non-hydrogen) atoms. The van der Waals surface area contributed by atoms with E-state index in [2.05, 4.69) is 4.90 Å². The van der Waals surface area contributed by atoms with E-state index in [1.807, 2.05) is 29.2 Å². The van der Waals surface area contributed by atoms with E-state index < -0.39 is 0 Å². The number of hydrogen-bond donors (Lipinski definition) is 0. The van der Waals surface area contributed by atoms with E-state index in [-0.39, 0.29) is 17.8 Å². The maximum absolute atomic E-state index is 13.3. The molecule has 0 unspecified atom stereocenters. The standard InChI is InChI=1S/C22H25FN2O2/c23-18-10-8-17(9-11-18)15-25-19(14-22(26)24-12-4-1-5-13-24)16-27-21-7-3-2-6-20(21)25/h2-3,6-11,19H,1,4-5,12-16H2/t19-/m0/s1. The summed E-state index contributed by atoms with van der Waals surface area (Å²) in [5.41, 5.74) is 2.01. The molecular formula is C22H25FN2O2. The Balaban J connectivity index is 1.55. The lowest BCUT2D eigenvalue weighted by Gasteiger charge is -2.39. The summed E-state index contributed by atoms with van der Waals surface area (Å²) in [7, 11) is 0. The topological polar surface area (TPSA) is 32.8 Å². The molecule has 2 aliphatic heterocycles. The molecule has 0 aliphatic carbocycles. The van der Waals surface area contributed by atoms with E-state index in [9.17, 15) is 9.18 Å². The third kappa shape index (κ3) is 4.07. The van der Waals surface area contributed by atoms with Gasteiger partial charge in [-0.2, -0.15) is 0 Å². The predicted molar refractivity (Wildman–Crippen MR) is 103 cm³/mol. The number of amides is 1. The van der Waals surface area contributed by atoms with Gasteiger partial charge in [-0.3, -0.25) is 4.79 Å². The van der Waals surface area contributed by atoms with Crippen molar-refractivity contribution in [2.24, 2.45) is 0 Å². The number of anilines is 1. The summed E-state index contributed by atoms with van der Waals surface area (Å²) in [5.74, 6) is 0.797. The summed E-state index contributed by atoms with van der Waals surface area (Å²) in [6.07, 6.45) is 3.83. The van der Waals surface area contributed by atoms with Crippen LogP contribution in [0.1, 0.15) is 31.2 Å². The Labute approximate surface area is 159 Å². The van der Waals surface area contributed by atoms with E-state index in [1.165, 1.54) is 18.6 Å². The zero-order valence-electron chi connectivity index (χ0n) is 15.4. The van der Waals surface area contributed by atoms with Crippen molar-refractivity contribution in [2.75, 3.05) is 24.6 Å². The van der Waals surface area contributed by atoms with Gasteiger partial charge in [0.2, 0.25) is 5.91 Å². The highest BCUT2D eigenvalue weighted by molar-refractivity contribution is 5.78. The molecule has 0 N–H and O–H groups in total. The molecule has 2 aromatic carbocycles. The van der Waals surface area contributed by atoms with Gasteiger partial charge in [0.1, 0.15) is 18.2 Å². The largest absolute Gasteiger partial charge is 0.489 e. The molecule has 2 heterocycles. The number of carbonyl (C=O) groups is 1. The quantitative estimate of drug-likeness (QED) is 0.818. The smallest absolute Gasteiger partial charge is 0.224 e. The van der Waals surface area contributed by atoms with Gasteiger partial charge in [0.15, 0.2) is 0 Å². The lowest BCUT2D eigenvalue weighted by molar-refractivity contribution is -0.132. The number of rotatable bonds is 4. The molecular weight excluding hydrogens is 343 g/mol. The molecule has 1 amide bonds. The Morgan fingerprint density at radius 3 is 2.56 bits per heavy atom. The fraction of sp³-hybridized carbons (Fsp3) is 0.409. The minimum atomic E-state index is -0.238. The number of para-hydroxylation sites is 2. The lowest BCUT2D eigenvalue weighted by atomic mass is 10.0. The molecule has 2 aliphatic rings. The van der Waals surface area contributed by atoms with Gasteiger partial charge in [0, 0.05) is 19.6 Å². The number of ether oxygens (including phenoxy) is 1. The van der Waals surface area contributed by atoms with Crippen molar-refractivity contribution < 1.29 is 13.9 Å². The number of nitrogens with zero attached hydrogens (tertiary/aromatic N) is 2. The maximum Gasteiger partial charge on any atom is 0.224 e. The Kier molecular flexibility index (Phi) is 5.28. The van der Waals surface area contributed by atoms with Crippen LogP contribution in [0.25, 0.3) is 0 Å². The van der Waals surface area contributed by atoms with Crippen molar-refractivity contribution in [3.8, 4) is 5.75 Å². The van der Waals surface area contributed by atoms with Gasteiger partial charge in [0.05, 0.1) is 18.2 Å². The number of benzene rings is 2. The van der Waals surface area contributed by atoms with Gasteiger partial charge < -0.3 is 14.5 Å². The molecule has 0 radical (unpaired) electrons. The van der Waals surface area contributed by atoms with Crippen LogP contribution in [0.15, 0.2) is 48.5 Å². The average molecular weight is 368 g/mol. The van der Waals surface area contributed by atoms with Gasteiger partial charge >= 0.3 is 0 Å². The molecule has 4 rings (SSSR count). The van der Waals surface area contributed by atoms with Gasteiger partial charge in [-0.1, -0.05) is 24.3 Å². The monoisotopic (exact) mass is 368 g/mol. The number of carbonyl (C=O) groups excluding carboxylic acids is 1. The second-order valence-corrected chi connectivity index (χ2v) is 7.33. The minimum Gasteiger partial charge on any atom is -0.489 e. The average Bonchev–Trinajstić information content (AvgIpc) is 2.72. The molecule has 0 saturated carbocycles. The van der Waals surface area contributed by atoms with Crippen LogP contribution in [0, 0.1) is 5.82 Å². The van der Waals surface area contributed by atoms with Crippen molar-refractivity contribution in [1.82, 2.24) is 4.90 Å². The number of fused-ring (bicyclic) bond motifs is 1. The summed E-state index contributed by atoms with van der Waals surface area (Å²) in [6.45, 7) is 2.83. The molecule has 1 fully saturated rings. The molecule has 0 aromatic heterocycles. The highest BCUT2D eigenvalue weighted by Gasteiger charge is 2.31. The Morgan fingerprint density at radius 2 is 1.78 bits per heavy atom. The lowest BCUT2D eigenvalue weighted by Crippen LogP contribution is -2.47. The number of halogens is 1. The van der Waals surface area contributed by atoms with E-state index in [4.69, 9.17) is 4.74 Å². The summed E-state index contributed by atoms with van der Waals surface area (Å²) in [6, 6.07) is 14.5. The fourth-order valence-corrected chi connectivity index (χ4v) is 3.93. The molecule has 0 bridgehead atoms. The summed E-state index contributed by atoms with van der Waals surface area (Å²) < 4.78 is 19.2. The van der Waals surface area contributed by atoms with Crippen molar-refractivity contribution >= 4 is 11.6 Å². The summed E-state index contributed by atoms with van der Waals surface area (Å²) in [5, 5.41) is 0. The van der Waals surface area contributed by atoms with Gasteiger partial charge in [-0.15, -0.1) is 0 Å². The molecule has 1 saturated heterocycles. The number of piperidine rings is 1. The first kappa shape index (κ1) is 17.8. The number of likely N-dealkylation sites (tertiary alicyclic amines) is 1. The SMILES string of the molecule is O=C(C[C@H]1COc2ccccc2N1Cc1ccc(F)cc1)N1CCCCC1. The van der Waals surface area contributed by atoms with Gasteiger partial charge in [0.25, 0.3) is 0 Å². The highest BCUT2D eigenvalue weighted by Crippen LogP contribution is 2.35. The van der Waals surface area contributed by atoms with Crippen molar-refractivity contribution in [1.29, 1.82) is 0 Å². The van der Waals surface area contributed by atoms with E-state index in [0.717, 1.165) is 42.9 Å². The van der Waals surface area contributed by atoms with Crippen LogP contribution < -0.4 is 9.64 Å². The Hall–Kier alpha value is -2.56. The normalized spacial score (nSPS) is 19.4. The molecule has 5 heteroatoms. The van der Waals surface area contributed by atoms with Crippen LogP contribution in [0.4, 0.5) is 10.1 Å². The molecule has 4 nitrogen and oxygen atoms in total. The van der Waals surface area contributed by atoms with Crippen LogP contribution in [0.5, 0.6) is 5.75 Å². The van der Waals surface area contributed by atoms with E-state index in [1.54, 1.807) is 12.1 Å².